The molecule has 2 aliphatic rings. The van der Waals surface area contributed by atoms with Crippen LogP contribution in [0.4, 0.5) is 0 Å². The van der Waals surface area contributed by atoms with E-state index in [4.69, 9.17) is 14.4 Å². The molecule has 1 atom stereocenters. The molecule has 30 heavy (non-hydrogen) atoms. The Morgan fingerprint density at radius 2 is 1.43 bits per heavy atom. The maximum absolute atomic E-state index is 11.8. The van der Waals surface area contributed by atoms with Gasteiger partial charge < -0.3 is 9.47 Å². The summed E-state index contributed by atoms with van der Waals surface area (Å²) in [6.07, 6.45) is 22.3. The van der Waals surface area contributed by atoms with Crippen molar-refractivity contribution < 1.29 is 24.4 Å². The summed E-state index contributed by atoms with van der Waals surface area (Å²) in [6.45, 7) is 0.931. The van der Waals surface area contributed by atoms with Gasteiger partial charge in [0.05, 0.1) is 18.8 Å². The van der Waals surface area contributed by atoms with Crippen molar-refractivity contribution in [3.05, 3.63) is 0 Å². The van der Waals surface area contributed by atoms with E-state index in [0.29, 0.717) is 25.7 Å². The van der Waals surface area contributed by atoms with Gasteiger partial charge in [-0.25, -0.2) is 4.89 Å². The highest BCUT2D eigenvalue weighted by atomic mass is 17.1. The Hall–Kier alpha value is -0.650. The molecular weight excluding hydrogens is 380 g/mol. The zero-order valence-electron chi connectivity index (χ0n) is 19.2. The van der Waals surface area contributed by atoms with E-state index in [0.717, 1.165) is 57.3 Å². The Morgan fingerprint density at radius 3 is 2.13 bits per heavy atom. The first-order valence-electron chi connectivity index (χ1n) is 12.9. The van der Waals surface area contributed by atoms with E-state index in [1.54, 1.807) is 0 Å². The van der Waals surface area contributed by atoms with Crippen LogP contribution < -0.4 is 0 Å². The second-order valence-electron chi connectivity index (χ2n) is 9.48. The first-order chi connectivity index (χ1) is 14.8. The molecule has 2 fully saturated rings. The minimum atomic E-state index is -0.0899. The molecule has 0 amide bonds. The fourth-order valence-corrected chi connectivity index (χ4v) is 5.03. The minimum Gasteiger partial charge on any atom is -0.463 e. The Kier molecular flexibility index (Phi) is 14.5. The first kappa shape index (κ1) is 25.6. The Labute approximate surface area is 184 Å². The normalized spacial score (nSPS) is 19.6. The highest BCUT2D eigenvalue weighted by Crippen LogP contribution is 2.29. The predicted molar refractivity (Wildman–Crippen MR) is 119 cm³/mol. The summed E-state index contributed by atoms with van der Waals surface area (Å²) in [5.74, 6) is 0.655. The summed E-state index contributed by atoms with van der Waals surface area (Å²) in [6, 6.07) is 0. The lowest BCUT2D eigenvalue weighted by atomic mass is 9.84. The van der Waals surface area contributed by atoms with Crippen LogP contribution in [0.3, 0.4) is 0 Å². The fourth-order valence-electron chi connectivity index (χ4n) is 5.03. The van der Waals surface area contributed by atoms with E-state index in [1.807, 2.05) is 0 Å². The summed E-state index contributed by atoms with van der Waals surface area (Å²) < 4.78 is 11.1. The molecule has 0 radical (unpaired) electrons. The molecule has 5 heteroatoms. The van der Waals surface area contributed by atoms with Gasteiger partial charge >= 0.3 is 5.97 Å². The molecule has 0 heterocycles. The number of ether oxygens (including phenoxy) is 2. The Bertz CT molecular complexity index is 416. The molecular formula is C25H46O5. The van der Waals surface area contributed by atoms with Gasteiger partial charge in [0.2, 0.25) is 0 Å². The van der Waals surface area contributed by atoms with Gasteiger partial charge in [-0.2, -0.15) is 0 Å². The van der Waals surface area contributed by atoms with Gasteiger partial charge in [0.1, 0.15) is 6.61 Å². The van der Waals surface area contributed by atoms with Crippen LogP contribution in [0.5, 0.6) is 0 Å². The van der Waals surface area contributed by atoms with E-state index in [1.165, 1.54) is 64.2 Å². The van der Waals surface area contributed by atoms with Crippen LogP contribution in [0, 0.1) is 5.92 Å². The predicted octanol–water partition coefficient (Wildman–Crippen LogP) is 6.83. The van der Waals surface area contributed by atoms with Crippen LogP contribution in [0.25, 0.3) is 0 Å². The second-order valence-corrected chi connectivity index (χ2v) is 9.48. The van der Waals surface area contributed by atoms with Crippen molar-refractivity contribution in [1.29, 1.82) is 0 Å². The summed E-state index contributed by atoms with van der Waals surface area (Å²) in [4.78, 5) is 16.5. The van der Waals surface area contributed by atoms with Crippen LogP contribution >= 0.6 is 0 Å². The number of unbranched alkanes of at least 4 members (excludes halogenated alkanes) is 5. The smallest absolute Gasteiger partial charge is 0.305 e. The van der Waals surface area contributed by atoms with E-state index in [9.17, 15) is 10.1 Å². The number of esters is 1. The maximum Gasteiger partial charge on any atom is 0.305 e. The zero-order chi connectivity index (χ0) is 21.3. The molecule has 5 nitrogen and oxygen atoms in total. The molecule has 1 unspecified atom stereocenters. The molecule has 176 valence electrons. The van der Waals surface area contributed by atoms with Crippen molar-refractivity contribution in [3.63, 3.8) is 0 Å². The second kappa shape index (κ2) is 17.0. The Balaban J connectivity index is 1.34. The van der Waals surface area contributed by atoms with E-state index < -0.39 is 0 Å². The number of rotatable bonds is 16. The fraction of sp³-hybridized carbons (Fsp3) is 0.960. The topological polar surface area (TPSA) is 65.0 Å². The van der Waals surface area contributed by atoms with Crippen LogP contribution in [0.1, 0.15) is 122 Å². The molecule has 2 rings (SSSR count). The van der Waals surface area contributed by atoms with Crippen molar-refractivity contribution in [3.8, 4) is 0 Å². The highest BCUT2D eigenvalue weighted by molar-refractivity contribution is 5.69. The third-order valence-electron chi connectivity index (χ3n) is 6.88. The van der Waals surface area contributed by atoms with Gasteiger partial charge in [0.25, 0.3) is 0 Å². The average Bonchev–Trinajstić information content (AvgIpc) is 2.79. The molecule has 2 saturated carbocycles. The third kappa shape index (κ3) is 12.3. The molecule has 0 bridgehead atoms. The zero-order valence-corrected chi connectivity index (χ0v) is 19.2. The molecule has 0 aromatic rings. The monoisotopic (exact) mass is 426 g/mol. The number of carbonyl (C=O) groups excluding carboxylic acids is 1. The third-order valence-corrected chi connectivity index (χ3v) is 6.88. The quantitative estimate of drug-likeness (QED) is 0.127. The van der Waals surface area contributed by atoms with Crippen LogP contribution in [0.2, 0.25) is 0 Å². The first-order valence-corrected chi connectivity index (χ1v) is 12.9. The summed E-state index contributed by atoms with van der Waals surface area (Å²) in [7, 11) is 0. The lowest BCUT2D eigenvalue weighted by Crippen LogP contribution is -2.20. The van der Waals surface area contributed by atoms with Crippen molar-refractivity contribution in [2.24, 2.45) is 5.92 Å². The van der Waals surface area contributed by atoms with Gasteiger partial charge in [-0.3, -0.25) is 10.1 Å². The van der Waals surface area contributed by atoms with Gasteiger partial charge in [0, 0.05) is 6.42 Å². The lowest BCUT2D eigenvalue weighted by Gasteiger charge is -2.24. The lowest BCUT2D eigenvalue weighted by molar-refractivity contribution is -0.283. The summed E-state index contributed by atoms with van der Waals surface area (Å²) in [5, 5.41) is 9.17. The molecule has 0 spiro atoms. The van der Waals surface area contributed by atoms with Gasteiger partial charge in [-0.05, 0) is 38.0 Å². The maximum atomic E-state index is 11.8. The van der Waals surface area contributed by atoms with Crippen molar-refractivity contribution >= 4 is 5.97 Å². The van der Waals surface area contributed by atoms with E-state index in [2.05, 4.69) is 0 Å². The molecule has 0 saturated heterocycles. The minimum absolute atomic E-state index is 0.0185. The van der Waals surface area contributed by atoms with Crippen LogP contribution in [-0.2, 0) is 19.2 Å². The number of carbonyl (C=O) groups is 1. The molecule has 0 aromatic carbocycles. The number of hydrogen-bond acceptors (Lipinski definition) is 5. The molecule has 0 aromatic heterocycles. The molecule has 2 aliphatic carbocycles. The van der Waals surface area contributed by atoms with Gasteiger partial charge in [-0.1, -0.05) is 83.5 Å². The van der Waals surface area contributed by atoms with Crippen molar-refractivity contribution in [1.82, 2.24) is 0 Å². The van der Waals surface area contributed by atoms with Gasteiger partial charge in [-0.15, -0.1) is 0 Å². The van der Waals surface area contributed by atoms with Crippen LogP contribution in [-0.4, -0.2) is 36.6 Å². The Morgan fingerprint density at radius 1 is 0.800 bits per heavy atom. The summed E-state index contributed by atoms with van der Waals surface area (Å²) >= 11 is 0. The standard InChI is InChI=1S/C25H46O5/c26-25(29-20-19-28-23-15-10-6-11-16-23)18-12-4-2-1-3-9-17-24(30-27)21-22-13-7-5-8-14-22/h22-24,27H,1-21H2. The average molecular weight is 427 g/mol. The van der Waals surface area contributed by atoms with Crippen LogP contribution in [0.15, 0.2) is 0 Å². The molecule has 1 N–H and O–H groups in total. The largest absolute Gasteiger partial charge is 0.463 e. The van der Waals surface area contributed by atoms with E-state index >= 15 is 0 Å². The molecule has 0 aliphatic heterocycles. The van der Waals surface area contributed by atoms with Gasteiger partial charge in [0.15, 0.2) is 0 Å². The highest BCUT2D eigenvalue weighted by Gasteiger charge is 2.19. The summed E-state index contributed by atoms with van der Waals surface area (Å²) in [5.41, 5.74) is 0. The van der Waals surface area contributed by atoms with Crippen molar-refractivity contribution in [2.75, 3.05) is 13.2 Å². The van der Waals surface area contributed by atoms with E-state index in [-0.39, 0.29) is 12.1 Å². The number of hydrogen-bond donors (Lipinski definition) is 1. The van der Waals surface area contributed by atoms with Crippen molar-refractivity contribution in [2.45, 2.75) is 134 Å². The SMILES string of the molecule is O=C(CCCCCCCCC(CC1CCCCC1)OO)OCCOC1CCCCC1.